The van der Waals surface area contributed by atoms with E-state index in [2.05, 4.69) is 72.7 Å². The number of fused-ring (bicyclic) bond motifs is 1. The highest BCUT2D eigenvalue weighted by Crippen LogP contribution is 2.45. The average Bonchev–Trinajstić information content (AvgIpc) is 3.25. The molecule has 60 heavy (non-hydrogen) atoms. The van der Waals surface area contributed by atoms with Gasteiger partial charge in [0.25, 0.3) is 16.6 Å². The van der Waals surface area contributed by atoms with Crippen LogP contribution >= 0.6 is 0 Å². The van der Waals surface area contributed by atoms with Crippen LogP contribution in [-0.4, -0.2) is 22.6 Å². The zero-order valence-electron chi connectivity index (χ0n) is 40.0. The van der Waals surface area contributed by atoms with Gasteiger partial charge in [0.05, 0.1) is 0 Å². The van der Waals surface area contributed by atoms with E-state index in [4.69, 9.17) is 13.6 Å². The van der Waals surface area contributed by atoms with Gasteiger partial charge in [-0.15, -0.1) is 0 Å². The third kappa shape index (κ3) is 18.0. The van der Waals surface area contributed by atoms with E-state index in [0.717, 1.165) is 40.4 Å². The summed E-state index contributed by atoms with van der Waals surface area (Å²) >= 11 is 0. The van der Waals surface area contributed by atoms with Crippen molar-refractivity contribution in [3.63, 3.8) is 0 Å². The zero-order valence-corrected chi connectivity index (χ0v) is 42.0. The monoisotopic (exact) mass is 859 g/mol. The van der Waals surface area contributed by atoms with Crippen molar-refractivity contribution in [1.82, 2.24) is 0 Å². The molecule has 0 saturated carbocycles. The number of carbonyl (C=O) groups excluding carboxylic acids is 1. The van der Waals surface area contributed by atoms with Crippen LogP contribution in [-0.2, 0) is 0 Å². The number of benzene rings is 3. The summed E-state index contributed by atoms with van der Waals surface area (Å²) in [6, 6.07) is 25.3. The van der Waals surface area contributed by atoms with Crippen LogP contribution in [0.5, 0.6) is 17.2 Å². The number of carbonyl (C=O) groups is 1. The van der Waals surface area contributed by atoms with Crippen molar-refractivity contribution in [2.24, 2.45) is 0 Å². The van der Waals surface area contributed by atoms with Crippen molar-refractivity contribution < 1.29 is 18.4 Å². The molecule has 0 bridgehead atoms. The van der Waals surface area contributed by atoms with Gasteiger partial charge in [-0.25, -0.2) is 4.79 Å². The van der Waals surface area contributed by atoms with Crippen molar-refractivity contribution in [2.75, 3.05) is 0 Å². The molecule has 3 rings (SSSR count). The van der Waals surface area contributed by atoms with Gasteiger partial charge >= 0.3 is 5.97 Å². The molecule has 0 N–H and O–H groups in total. The zero-order chi connectivity index (χ0) is 43.3. The number of esters is 1. The fraction of sp³-hybridized carbons (Fsp3) is 0.685. The van der Waals surface area contributed by atoms with Crippen LogP contribution in [0, 0.1) is 6.92 Å². The molecule has 0 aliphatic rings. The summed E-state index contributed by atoms with van der Waals surface area (Å²) < 4.78 is 22.0. The van der Waals surface area contributed by atoms with E-state index in [1.165, 1.54) is 178 Å². The number of para-hydroxylation sites is 1. The molecule has 0 aromatic heterocycles. The summed E-state index contributed by atoms with van der Waals surface area (Å²) in [5.74, 6) is 1.88. The first-order chi connectivity index (χ1) is 29.3. The van der Waals surface area contributed by atoms with E-state index in [0.29, 0.717) is 11.3 Å². The average molecular weight is 859 g/mol. The number of hydrogen-bond acceptors (Lipinski definition) is 4. The molecule has 0 atom stereocenters. The third-order valence-electron chi connectivity index (χ3n) is 13.0. The normalized spacial score (nSPS) is 12.0. The van der Waals surface area contributed by atoms with Crippen LogP contribution < -0.4 is 13.6 Å². The summed E-state index contributed by atoms with van der Waals surface area (Å²) in [5, 5.41) is 2.17. The molecule has 0 unspecified atom stereocenters. The molecule has 0 aliphatic carbocycles. The largest absolute Gasteiger partial charge is 0.543 e. The minimum Gasteiger partial charge on any atom is -0.543 e. The van der Waals surface area contributed by atoms with Gasteiger partial charge in [-0.05, 0) is 67.0 Å². The van der Waals surface area contributed by atoms with Gasteiger partial charge < -0.3 is 13.6 Å². The first-order valence-electron chi connectivity index (χ1n) is 25.5. The quantitative estimate of drug-likeness (QED) is 0.0253. The van der Waals surface area contributed by atoms with E-state index in [-0.39, 0.29) is 5.97 Å². The molecule has 6 heteroatoms. The standard InChI is InChI=1S/C54H90O4Si2/c1-8-14-20-29-40-59(41-30-21-15-9-2,42-31-22-16-10-3)57-51-46-50(54(55)56-48-37-27-26-28-38-48)53(49-39-35-36-47(7)52(49)51)58-60(43-32-23-17-11-4,44-33-24-18-12-5)45-34-25-19-13-6/h26-28,35-39,46H,8-25,29-34,40-45H2,1-7H3. The lowest BCUT2D eigenvalue weighted by Gasteiger charge is -2.36. The Morgan fingerprint density at radius 1 is 0.467 bits per heavy atom. The van der Waals surface area contributed by atoms with Gasteiger partial charge in [0, 0.05) is 10.8 Å². The Morgan fingerprint density at radius 2 is 0.867 bits per heavy atom. The highest BCUT2D eigenvalue weighted by Gasteiger charge is 2.40. The topological polar surface area (TPSA) is 44.8 Å². The number of ether oxygens (including phenoxy) is 1. The summed E-state index contributed by atoms with van der Waals surface area (Å²) in [4.78, 5) is 14.9. The van der Waals surface area contributed by atoms with E-state index in [1.54, 1.807) is 0 Å². The highest BCUT2D eigenvalue weighted by atomic mass is 28.4. The number of unbranched alkanes of at least 4 members (excludes halogenated alkanes) is 18. The molecular formula is C54H90O4Si2. The van der Waals surface area contributed by atoms with Gasteiger partial charge in [-0.2, -0.15) is 0 Å². The summed E-state index contributed by atoms with van der Waals surface area (Å²) in [7, 11) is -4.65. The van der Waals surface area contributed by atoms with Crippen molar-refractivity contribution in [2.45, 2.75) is 239 Å². The van der Waals surface area contributed by atoms with Crippen LogP contribution in [0.3, 0.4) is 0 Å². The van der Waals surface area contributed by atoms with Crippen molar-refractivity contribution in [3.8, 4) is 17.2 Å². The Bertz CT molecular complexity index is 1510. The lowest BCUT2D eigenvalue weighted by molar-refractivity contribution is 0.0732. The van der Waals surface area contributed by atoms with Crippen molar-refractivity contribution in [1.29, 1.82) is 0 Å². The third-order valence-corrected chi connectivity index (χ3v) is 21.9. The molecule has 0 radical (unpaired) electrons. The molecule has 0 saturated heterocycles. The number of hydrogen-bond donors (Lipinski definition) is 0. The Balaban J connectivity index is 2.32. The first kappa shape index (κ1) is 51.8. The van der Waals surface area contributed by atoms with Crippen LogP contribution in [0.15, 0.2) is 54.6 Å². The van der Waals surface area contributed by atoms with E-state index in [9.17, 15) is 4.79 Å². The number of aryl methyl sites for hydroxylation is 1. The van der Waals surface area contributed by atoms with Crippen molar-refractivity contribution in [3.05, 3.63) is 65.7 Å². The second kappa shape index (κ2) is 30.5. The highest BCUT2D eigenvalue weighted by molar-refractivity contribution is 6.75. The van der Waals surface area contributed by atoms with Gasteiger partial charge in [0.1, 0.15) is 22.8 Å². The number of rotatable bonds is 36. The van der Waals surface area contributed by atoms with Crippen LogP contribution in [0.25, 0.3) is 10.8 Å². The minimum absolute atomic E-state index is 0.337. The molecule has 338 valence electrons. The van der Waals surface area contributed by atoms with Crippen LogP contribution in [0.2, 0.25) is 36.3 Å². The molecule has 0 heterocycles. The SMILES string of the molecule is CCCCCC[Si](CCCCCC)(CCCCCC)Oc1c(C(=O)Oc2ccccc2)cc(O[Si](CCCCCC)(CCCCCC)CCCCCC)c2c(C)cccc12. The Morgan fingerprint density at radius 3 is 1.27 bits per heavy atom. The predicted molar refractivity (Wildman–Crippen MR) is 267 cm³/mol. The summed E-state index contributed by atoms with van der Waals surface area (Å²) in [6.07, 6.45) is 29.8. The van der Waals surface area contributed by atoms with E-state index in [1.807, 2.05) is 30.3 Å². The molecule has 3 aromatic rings. The Labute approximate surface area is 372 Å². The second-order valence-electron chi connectivity index (χ2n) is 18.4. The molecule has 0 aliphatic heterocycles. The minimum atomic E-state index is -2.37. The molecule has 0 amide bonds. The molecular weight excluding hydrogens is 769 g/mol. The Kier molecular flexibility index (Phi) is 26.3. The maximum atomic E-state index is 14.9. The first-order valence-corrected chi connectivity index (χ1v) is 30.6. The van der Waals surface area contributed by atoms with Gasteiger partial charge in [-0.3, -0.25) is 0 Å². The van der Waals surface area contributed by atoms with Crippen LogP contribution in [0.1, 0.15) is 212 Å². The maximum Gasteiger partial charge on any atom is 0.347 e. The Hall–Kier alpha value is -2.58. The predicted octanol–water partition coefficient (Wildman–Crippen LogP) is 18.5. The fourth-order valence-corrected chi connectivity index (χ4v) is 18.1. The van der Waals surface area contributed by atoms with Gasteiger partial charge in [0.2, 0.25) is 0 Å². The second-order valence-corrected chi connectivity index (χ2v) is 26.5. The fourth-order valence-electron chi connectivity index (χ4n) is 9.34. The molecule has 4 nitrogen and oxygen atoms in total. The van der Waals surface area contributed by atoms with Gasteiger partial charge in [-0.1, -0.05) is 232 Å². The van der Waals surface area contributed by atoms with Crippen molar-refractivity contribution >= 4 is 33.4 Å². The summed E-state index contributed by atoms with van der Waals surface area (Å²) in [6.45, 7) is 16.1. The molecule has 0 fully saturated rings. The van der Waals surface area contributed by atoms with Crippen LogP contribution in [0.4, 0.5) is 0 Å². The lowest BCUT2D eigenvalue weighted by Crippen LogP contribution is -2.43. The van der Waals surface area contributed by atoms with Gasteiger partial charge in [0.15, 0.2) is 0 Å². The smallest absolute Gasteiger partial charge is 0.347 e. The summed E-state index contributed by atoms with van der Waals surface area (Å²) in [5.41, 5.74) is 1.74. The lowest BCUT2D eigenvalue weighted by atomic mass is 10.0. The van der Waals surface area contributed by atoms with E-state index >= 15 is 0 Å². The molecule has 3 aromatic carbocycles. The maximum absolute atomic E-state index is 14.9. The molecule has 0 spiro atoms. The van der Waals surface area contributed by atoms with E-state index < -0.39 is 16.6 Å².